The van der Waals surface area contributed by atoms with Crippen LogP contribution in [0, 0.1) is 6.92 Å². The van der Waals surface area contributed by atoms with Crippen molar-refractivity contribution in [3.05, 3.63) is 10.8 Å². The maximum atomic E-state index is 12.5. The number of morpholine rings is 1. The van der Waals surface area contributed by atoms with Gasteiger partial charge in [-0.3, -0.25) is 9.58 Å². The molecule has 0 aliphatic carbocycles. The molecular formula is C13H23ClN4O3S. The van der Waals surface area contributed by atoms with Gasteiger partial charge in [0.2, 0.25) is 10.0 Å². The monoisotopic (exact) mass is 350 g/mol. The number of nitrogens with one attached hydrogen (secondary N) is 1. The Morgan fingerprint density at radius 3 is 2.45 bits per heavy atom. The summed E-state index contributed by atoms with van der Waals surface area (Å²) >= 11 is 6.05. The molecule has 1 aromatic heterocycles. The van der Waals surface area contributed by atoms with Crippen molar-refractivity contribution >= 4 is 21.6 Å². The molecule has 2 heterocycles. The molecule has 2 rings (SSSR count). The molecule has 0 radical (unpaired) electrons. The molecule has 1 fully saturated rings. The Bertz CT molecular complexity index is 636. The van der Waals surface area contributed by atoms with E-state index >= 15 is 0 Å². The lowest BCUT2D eigenvalue weighted by Crippen LogP contribution is -2.55. The van der Waals surface area contributed by atoms with E-state index in [-0.39, 0.29) is 15.6 Å². The van der Waals surface area contributed by atoms with Gasteiger partial charge in [0.1, 0.15) is 10.0 Å². The topological polar surface area (TPSA) is 76.5 Å². The van der Waals surface area contributed by atoms with Crippen molar-refractivity contribution in [3.63, 3.8) is 0 Å². The van der Waals surface area contributed by atoms with Crippen LogP contribution in [0.3, 0.4) is 0 Å². The smallest absolute Gasteiger partial charge is 0.245 e. The van der Waals surface area contributed by atoms with Gasteiger partial charge in [0.15, 0.2) is 0 Å². The summed E-state index contributed by atoms with van der Waals surface area (Å²) in [6.07, 6.45) is 0. The van der Waals surface area contributed by atoms with Crippen molar-refractivity contribution < 1.29 is 13.2 Å². The van der Waals surface area contributed by atoms with Gasteiger partial charge >= 0.3 is 0 Å². The zero-order valence-corrected chi connectivity index (χ0v) is 15.0. The van der Waals surface area contributed by atoms with E-state index in [2.05, 4.69) is 14.7 Å². The first-order valence-electron chi connectivity index (χ1n) is 7.17. The van der Waals surface area contributed by atoms with E-state index in [1.807, 2.05) is 13.8 Å². The number of aromatic nitrogens is 2. The van der Waals surface area contributed by atoms with Gasteiger partial charge in [0, 0.05) is 32.2 Å². The minimum Gasteiger partial charge on any atom is -0.379 e. The molecule has 0 aromatic carbocycles. The Labute approximate surface area is 136 Å². The second-order valence-electron chi connectivity index (χ2n) is 6.07. The molecule has 0 saturated carbocycles. The standard InChI is InChI=1S/C13H23ClN4O3S/c1-10-11(12(14)17(4)16-10)22(19,20)15-9-13(2,3)18-5-7-21-8-6-18/h15H,5-9H2,1-4H3. The van der Waals surface area contributed by atoms with Crippen LogP contribution in [0.25, 0.3) is 0 Å². The molecular weight excluding hydrogens is 328 g/mol. The molecule has 1 aliphatic rings. The average Bonchev–Trinajstić information content (AvgIpc) is 2.72. The second-order valence-corrected chi connectivity index (χ2v) is 8.13. The summed E-state index contributed by atoms with van der Waals surface area (Å²) < 4.78 is 34.4. The lowest BCUT2D eigenvalue weighted by Gasteiger charge is -2.40. The fraction of sp³-hybridized carbons (Fsp3) is 0.769. The SMILES string of the molecule is Cc1nn(C)c(Cl)c1S(=O)(=O)NCC(C)(C)N1CCOCC1. The first-order chi connectivity index (χ1) is 10.1. The third-order valence-corrected chi connectivity index (χ3v) is 6.03. The molecule has 1 saturated heterocycles. The van der Waals surface area contributed by atoms with Gasteiger partial charge < -0.3 is 4.74 Å². The van der Waals surface area contributed by atoms with Gasteiger partial charge in [-0.15, -0.1) is 0 Å². The van der Waals surface area contributed by atoms with Gasteiger partial charge in [-0.2, -0.15) is 5.10 Å². The van der Waals surface area contributed by atoms with Crippen LogP contribution in [0.1, 0.15) is 19.5 Å². The molecule has 22 heavy (non-hydrogen) atoms. The highest BCUT2D eigenvalue weighted by molar-refractivity contribution is 7.89. The van der Waals surface area contributed by atoms with Crippen LogP contribution < -0.4 is 4.72 Å². The number of nitrogens with zero attached hydrogens (tertiary/aromatic N) is 3. The highest BCUT2D eigenvalue weighted by atomic mass is 35.5. The number of halogens is 1. The molecule has 1 N–H and O–H groups in total. The van der Waals surface area contributed by atoms with E-state index in [1.165, 1.54) is 4.68 Å². The highest BCUT2D eigenvalue weighted by Crippen LogP contribution is 2.24. The molecule has 0 atom stereocenters. The lowest BCUT2D eigenvalue weighted by molar-refractivity contribution is -0.00803. The Balaban J connectivity index is 2.12. The summed E-state index contributed by atoms with van der Waals surface area (Å²) in [6, 6.07) is 0. The number of ether oxygens (including phenoxy) is 1. The minimum absolute atomic E-state index is 0.0504. The quantitative estimate of drug-likeness (QED) is 0.849. The molecule has 0 unspecified atom stereocenters. The van der Waals surface area contributed by atoms with Crippen LogP contribution in [-0.4, -0.2) is 61.5 Å². The lowest BCUT2D eigenvalue weighted by atomic mass is 10.0. The van der Waals surface area contributed by atoms with Crippen LogP contribution in [0.4, 0.5) is 0 Å². The predicted molar refractivity (Wildman–Crippen MR) is 84.6 cm³/mol. The third kappa shape index (κ3) is 3.62. The van der Waals surface area contributed by atoms with Crippen molar-refractivity contribution in [1.29, 1.82) is 0 Å². The largest absolute Gasteiger partial charge is 0.379 e. The van der Waals surface area contributed by atoms with Crippen LogP contribution in [-0.2, 0) is 21.8 Å². The van der Waals surface area contributed by atoms with E-state index in [1.54, 1.807) is 14.0 Å². The van der Waals surface area contributed by atoms with Crippen molar-refractivity contribution in [1.82, 2.24) is 19.4 Å². The summed E-state index contributed by atoms with van der Waals surface area (Å²) in [4.78, 5) is 2.27. The fourth-order valence-electron chi connectivity index (χ4n) is 2.54. The number of hydrogen-bond donors (Lipinski definition) is 1. The van der Waals surface area contributed by atoms with Crippen molar-refractivity contribution in [2.24, 2.45) is 7.05 Å². The third-order valence-electron chi connectivity index (χ3n) is 3.93. The molecule has 126 valence electrons. The van der Waals surface area contributed by atoms with Gasteiger partial charge in [-0.25, -0.2) is 13.1 Å². The summed E-state index contributed by atoms with van der Waals surface area (Å²) in [6.45, 7) is 8.88. The number of sulfonamides is 1. The number of rotatable bonds is 5. The minimum atomic E-state index is -3.70. The Morgan fingerprint density at radius 1 is 1.36 bits per heavy atom. The van der Waals surface area contributed by atoms with Gasteiger partial charge in [-0.1, -0.05) is 11.6 Å². The Morgan fingerprint density at radius 2 is 1.95 bits per heavy atom. The molecule has 0 bridgehead atoms. The van der Waals surface area contributed by atoms with Crippen molar-refractivity contribution in [2.45, 2.75) is 31.2 Å². The first kappa shape index (κ1) is 17.7. The van der Waals surface area contributed by atoms with Crippen LogP contribution in [0.15, 0.2) is 4.90 Å². The summed E-state index contributed by atoms with van der Waals surface area (Å²) in [5.74, 6) is 0. The highest BCUT2D eigenvalue weighted by Gasteiger charge is 2.32. The average molecular weight is 351 g/mol. The summed E-state index contributed by atoms with van der Waals surface area (Å²) in [7, 11) is -2.08. The molecule has 9 heteroatoms. The van der Waals surface area contributed by atoms with E-state index in [0.29, 0.717) is 25.5 Å². The molecule has 1 aliphatic heterocycles. The van der Waals surface area contributed by atoms with Crippen molar-refractivity contribution in [3.8, 4) is 0 Å². The van der Waals surface area contributed by atoms with E-state index in [4.69, 9.17) is 16.3 Å². The molecule has 1 aromatic rings. The van der Waals surface area contributed by atoms with Gasteiger partial charge in [-0.05, 0) is 20.8 Å². The summed E-state index contributed by atoms with van der Waals surface area (Å²) in [5.41, 5.74) is 0.0866. The Hall–Kier alpha value is -0.670. The number of hydrogen-bond acceptors (Lipinski definition) is 5. The van der Waals surface area contributed by atoms with E-state index in [0.717, 1.165) is 13.1 Å². The zero-order valence-electron chi connectivity index (χ0n) is 13.4. The van der Waals surface area contributed by atoms with Crippen LogP contribution in [0.2, 0.25) is 5.15 Å². The maximum Gasteiger partial charge on any atom is 0.245 e. The Kier molecular flexibility index (Phi) is 5.18. The van der Waals surface area contributed by atoms with Crippen LogP contribution in [0.5, 0.6) is 0 Å². The molecule has 0 spiro atoms. The molecule has 7 nitrogen and oxygen atoms in total. The zero-order chi connectivity index (χ0) is 16.5. The van der Waals surface area contributed by atoms with Crippen LogP contribution >= 0.6 is 11.6 Å². The predicted octanol–water partition coefficient (Wildman–Crippen LogP) is 0.771. The van der Waals surface area contributed by atoms with E-state index < -0.39 is 10.0 Å². The second kappa shape index (κ2) is 6.45. The van der Waals surface area contributed by atoms with Gasteiger partial charge in [0.05, 0.1) is 18.9 Å². The van der Waals surface area contributed by atoms with Gasteiger partial charge in [0.25, 0.3) is 0 Å². The normalized spacial score (nSPS) is 17.9. The van der Waals surface area contributed by atoms with Crippen molar-refractivity contribution in [2.75, 3.05) is 32.8 Å². The summed E-state index contributed by atoms with van der Waals surface area (Å²) in [5, 5.41) is 4.17. The molecule has 0 amide bonds. The number of aryl methyl sites for hydroxylation is 2. The van der Waals surface area contributed by atoms with E-state index in [9.17, 15) is 8.42 Å². The maximum absolute atomic E-state index is 12.5. The fourth-order valence-corrected chi connectivity index (χ4v) is 4.49. The first-order valence-corrected chi connectivity index (χ1v) is 9.03.